The van der Waals surface area contributed by atoms with E-state index in [4.69, 9.17) is 5.73 Å². The smallest absolute Gasteiger partial charge is 0.364 e. The molecule has 3 N–H and O–H groups in total. The van der Waals surface area contributed by atoms with E-state index in [2.05, 4.69) is 4.98 Å². The largest absolute Gasteiger partial charge is 0.416 e. The lowest BCUT2D eigenvalue weighted by Crippen LogP contribution is -2.10. The van der Waals surface area contributed by atoms with E-state index in [1.54, 1.807) is 12.1 Å². The second-order valence-corrected chi connectivity index (χ2v) is 5.30. The van der Waals surface area contributed by atoms with E-state index < -0.39 is 17.6 Å². The van der Waals surface area contributed by atoms with Gasteiger partial charge in [-0.3, -0.25) is 4.79 Å². The number of aromatic nitrogens is 1. The molecule has 0 atom stereocenters. The number of aromatic amines is 1. The number of rotatable bonds is 3. The molecule has 0 radical (unpaired) electrons. The van der Waals surface area contributed by atoms with Crippen LogP contribution < -0.4 is 5.73 Å². The summed E-state index contributed by atoms with van der Waals surface area (Å²) >= 11 is 0. The Morgan fingerprint density at radius 1 is 0.800 bits per heavy atom. The number of amides is 1. The molecular formula is C18H14ClF3N2O. The van der Waals surface area contributed by atoms with Crippen molar-refractivity contribution in [2.45, 2.75) is 6.18 Å². The fraction of sp³-hybridized carbons (Fsp3) is 0.0556. The van der Waals surface area contributed by atoms with E-state index in [1.807, 2.05) is 24.3 Å². The summed E-state index contributed by atoms with van der Waals surface area (Å²) in [4.78, 5) is 14.0. The first-order valence-electron chi connectivity index (χ1n) is 7.11. The number of H-pyrrole nitrogens is 1. The Morgan fingerprint density at radius 2 is 1.28 bits per heavy atom. The van der Waals surface area contributed by atoms with Crippen molar-refractivity contribution in [1.82, 2.24) is 4.98 Å². The maximum Gasteiger partial charge on any atom is 0.416 e. The third-order valence-electron chi connectivity index (χ3n) is 3.69. The highest BCUT2D eigenvalue weighted by molar-refractivity contribution is 5.92. The van der Waals surface area contributed by atoms with Crippen molar-refractivity contribution >= 4 is 18.3 Å². The second-order valence-electron chi connectivity index (χ2n) is 5.30. The maximum absolute atomic E-state index is 12.6. The zero-order valence-electron chi connectivity index (χ0n) is 12.8. The molecule has 3 aromatic rings. The quantitative estimate of drug-likeness (QED) is 0.681. The molecule has 0 saturated carbocycles. The summed E-state index contributed by atoms with van der Waals surface area (Å²) in [5.41, 5.74) is 7.92. The first kappa shape index (κ1) is 18.6. The van der Waals surface area contributed by atoms with Crippen molar-refractivity contribution in [1.29, 1.82) is 0 Å². The lowest BCUT2D eigenvalue weighted by molar-refractivity contribution is -0.137. The minimum absolute atomic E-state index is 0. The average molecular weight is 367 g/mol. The van der Waals surface area contributed by atoms with Crippen molar-refractivity contribution in [2.75, 3.05) is 0 Å². The summed E-state index contributed by atoms with van der Waals surface area (Å²) in [6, 6.07) is 15.6. The van der Waals surface area contributed by atoms with Crippen LogP contribution in [0.1, 0.15) is 16.1 Å². The molecule has 7 heteroatoms. The van der Waals surface area contributed by atoms with Gasteiger partial charge in [-0.1, -0.05) is 36.4 Å². The molecule has 0 saturated heterocycles. The van der Waals surface area contributed by atoms with Crippen molar-refractivity contribution in [3.8, 4) is 22.4 Å². The lowest BCUT2D eigenvalue weighted by Gasteiger charge is -2.08. The molecule has 0 bridgehead atoms. The normalized spacial score (nSPS) is 11.0. The molecule has 130 valence electrons. The summed E-state index contributed by atoms with van der Waals surface area (Å²) in [7, 11) is 0. The molecule has 0 aliphatic heterocycles. The third kappa shape index (κ3) is 4.03. The standard InChI is InChI=1S/C18H13F3N2O.ClH/c19-18(20,21)14-7-5-12(6-8-14)11-1-3-13(4-2-11)15-9-10-16(23-15)17(22)24;/h1-10,23H,(H2,22,24);1H. The summed E-state index contributed by atoms with van der Waals surface area (Å²) in [6.45, 7) is 0. The van der Waals surface area contributed by atoms with Gasteiger partial charge in [-0.25, -0.2) is 0 Å². The number of nitrogens with two attached hydrogens (primary N) is 1. The first-order chi connectivity index (χ1) is 11.3. The van der Waals surface area contributed by atoms with Crippen LogP contribution in [0.2, 0.25) is 0 Å². The summed E-state index contributed by atoms with van der Waals surface area (Å²) in [5.74, 6) is -0.539. The van der Waals surface area contributed by atoms with Crippen LogP contribution in [0.15, 0.2) is 60.7 Å². The molecule has 1 amide bonds. The third-order valence-corrected chi connectivity index (χ3v) is 3.69. The van der Waals surface area contributed by atoms with E-state index in [1.165, 1.54) is 12.1 Å². The van der Waals surface area contributed by atoms with Gasteiger partial charge < -0.3 is 10.7 Å². The van der Waals surface area contributed by atoms with Gasteiger partial charge in [0.05, 0.1) is 5.56 Å². The molecule has 1 aromatic heterocycles. The first-order valence-corrected chi connectivity index (χ1v) is 7.11. The summed E-state index contributed by atoms with van der Waals surface area (Å²) in [6.07, 6.45) is -4.34. The number of hydrogen-bond acceptors (Lipinski definition) is 1. The Labute approximate surface area is 148 Å². The fourth-order valence-corrected chi connectivity index (χ4v) is 2.40. The average Bonchev–Trinajstić information content (AvgIpc) is 3.05. The van der Waals surface area contributed by atoms with E-state index in [9.17, 15) is 18.0 Å². The molecule has 3 rings (SSSR count). The lowest BCUT2D eigenvalue weighted by atomic mass is 10.0. The number of primary amides is 1. The molecule has 3 nitrogen and oxygen atoms in total. The van der Waals surface area contributed by atoms with Gasteiger partial charge in [0.1, 0.15) is 5.69 Å². The Hall–Kier alpha value is -2.73. The predicted molar refractivity (Wildman–Crippen MR) is 92.4 cm³/mol. The van der Waals surface area contributed by atoms with Gasteiger partial charge >= 0.3 is 6.18 Å². The highest BCUT2D eigenvalue weighted by Crippen LogP contribution is 2.31. The van der Waals surface area contributed by atoms with Crippen LogP contribution in [-0.4, -0.2) is 10.9 Å². The molecule has 0 fully saturated rings. The Bertz CT molecular complexity index is 869. The predicted octanol–water partition coefficient (Wildman–Crippen LogP) is 4.89. The van der Waals surface area contributed by atoms with Gasteiger partial charge in [-0.05, 0) is 41.0 Å². The van der Waals surface area contributed by atoms with Gasteiger partial charge in [-0.15, -0.1) is 12.4 Å². The molecular weight excluding hydrogens is 353 g/mol. The van der Waals surface area contributed by atoms with Crippen molar-refractivity contribution in [3.63, 3.8) is 0 Å². The van der Waals surface area contributed by atoms with E-state index in [0.29, 0.717) is 11.3 Å². The fourth-order valence-electron chi connectivity index (χ4n) is 2.40. The molecule has 0 spiro atoms. The minimum atomic E-state index is -4.34. The van der Waals surface area contributed by atoms with Crippen LogP contribution in [0, 0.1) is 0 Å². The van der Waals surface area contributed by atoms with Crippen LogP contribution in [0.25, 0.3) is 22.4 Å². The highest BCUT2D eigenvalue weighted by Gasteiger charge is 2.29. The van der Waals surface area contributed by atoms with Crippen LogP contribution in [0.5, 0.6) is 0 Å². The highest BCUT2D eigenvalue weighted by atomic mass is 35.5. The van der Waals surface area contributed by atoms with Gasteiger partial charge in [0.2, 0.25) is 0 Å². The Morgan fingerprint density at radius 3 is 1.72 bits per heavy atom. The Kier molecular flexibility index (Phi) is 5.23. The molecule has 1 heterocycles. The molecule has 2 aromatic carbocycles. The second kappa shape index (κ2) is 7.03. The zero-order valence-corrected chi connectivity index (χ0v) is 13.6. The van der Waals surface area contributed by atoms with Crippen molar-refractivity contribution in [3.05, 3.63) is 71.9 Å². The maximum atomic E-state index is 12.6. The van der Waals surface area contributed by atoms with Crippen LogP contribution in [0.3, 0.4) is 0 Å². The van der Waals surface area contributed by atoms with Crippen LogP contribution in [0.4, 0.5) is 13.2 Å². The zero-order chi connectivity index (χ0) is 17.3. The number of carbonyl (C=O) groups is 1. The number of nitrogens with one attached hydrogen (secondary N) is 1. The summed E-state index contributed by atoms with van der Waals surface area (Å²) in [5, 5.41) is 0. The van der Waals surface area contributed by atoms with Crippen LogP contribution in [-0.2, 0) is 6.18 Å². The topological polar surface area (TPSA) is 58.9 Å². The van der Waals surface area contributed by atoms with Crippen molar-refractivity contribution in [2.24, 2.45) is 5.73 Å². The van der Waals surface area contributed by atoms with Gasteiger partial charge in [-0.2, -0.15) is 13.2 Å². The van der Waals surface area contributed by atoms with Gasteiger partial charge in [0.25, 0.3) is 5.91 Å². The van der Waals surface area contributed by atoms with Crippen LogP contribution >= 0.6 is 12.4 Å². The number of halogens is 4. The molecule has 0 aliphatic carbocycles. The Balaban J connectivity index is 0.00000225. The number of alkyl halides is 3. The monoisotopic (exact) mass is 366 g/mol. The number of hydrogen-bond donors (Lipinski definition) is 2. The number of carbonyl (C=O) groups excluding carboxylic acids is 1. The minimum Gasteiger partial charge on any atom is -0.364 e. The van der Waals surface area contributed by atoms with Crippen molar-refractivity contribution < 1.29 is 18.0 Å². The molecule has 25 heavy (non-hydrogen) atoms. The number of benzene rings is 2. The SMILES string of the molecule is Cl.NC(=O)c1ccc(-c2ccc(-c3ccc(C(F)(F)F)cc3)cc2)[nH]1. The van der Waals surface area contributed by atoms with E-state index in [-0.39, 0.29) is 12.4 Å². The summed E-state index contributed by atoms with van der Waals surface area (Å²) < 4.78 is 37.8. The van der Waals surface area contributed by atoms with Gasteiger partial charge in [0.15, 0.2) is 0 Å². The van der Waals surface area contributed by atoms with E-state index >= 15 is 0 Å². The molecule has 0 unspecified atom stereocenters. The van der Waals surface area contributed by atoms with Gasteiger partial charge in [0, 0.05) is 5.69 Å². The van der Waals surface area contributed by atoms with E-state index in [0.717, 1.165) is 29.0 Å². The molecule has 0 aliphatic rings.